The van der Waals surface area contributed by atoms with Gasteiger partial charge in [-0.1, -0.05) is 36.8 Å². The summed E-state index contributed by atoms with van der Waals surface area (Å²) >= 11 is 0. The summed E-state index contributed by atoms with van der Waals surface area (Å²) in [5.74, 6) is -1.61. The molecule has 23 heavy (non-hydrogen) atoms. The lowest BCUT2D eigenvalue weighted by Crippen LogP contribution is -2.35. The number of benzene rings is 2. The minimum absolute atomic E-state index is 0.00986. The van der Waals surface area contributed by atoms with Crippen molar-refractivity contribution in [2.45, 2.75) is 37.7 Å². The number of carboxylic acid groups (broad SMARTS) is 1. The maximum atomic E-state index is 14.2. The summed E-state index contributed by atoms with van der Waals surface area (Å²) in [5, 5.41) is 9.11. The van der Waals surface area contributed by atoms with Gasteiger partial charge in [-0.25, -0.2) is 9.18 Å². The molecular formula is C19H19FO3. The Labute approximate surface area is 134 Å². The molecule has 1 aliphatic carbocycles. The van der Waals surface area contributed by atoms with Gasteiger partial charge in [-0.3, -0.25) is 0 Å². The molecule has 0 spiro atoms. The second-order valence-corrected chi connectivity index (χ2v) is 5.97. The fraction of sp³-hybridized carbons (Fsp3) is 0.316. The molecule has 1 aliphatic rings. The Morgan fingerprint density at radius 2 is 1.74 bits per heavy atom. The number of hydrogen-bond donors (Lipinski definition) is 1. The van der Waals surface area contributed by atoms with Gasteiger partial charge in [0.2, 0.25) is 0 Å². The van der Waals surface area contributed by atoms with Crippen molar-refractivity contribution in [2.75, 3.05) is 0 Å². The standard InChI is InChI=1S/C19H19FO3/c20-16-10-9-14(18(21)22)13-17(16)23-19(11-5-2-6-12-19)15-7-3-1-4-8-15/h1,3-4,7-10,13H,2,5-6,11-12H2,(H,21,22). The molecule has 0 atom stereocenters. The summed E-state index contributed by atoms with van der Waals surface area (Å²) < 4.78 is 20.3. The van der Waals surface area contributed by atoms with Crippen LogP contribution in [-0.2, 0) is 5.60 Å². The van der Waals surface area contributed by atoms with Crippen molar-refractivity contribution in [1.29, 1.82) is 0 Å². The Bertz CT molecular complexity index is 691. The van der Waals surface area contributed by atoms with Crippen LogP contribution in [0.2, 0.25) is 0 Å². The average Bonchev–Trinajstić information content (AvgIpc) is 2.58. The number of carboxylic acids is 1. The van der Waals surface area contributed by atoms with E-state index in [1.807, 2.05) is 30.3 Å². The van der Waals surface area contributed by atoms with Crippen molar-refractivity contribution >= 4 is 5.97 Å². The molecule has 2 aromatic rings. The van der Waals surface area contributed by atoms with Gasteiger partial charge in [-0.15, -0.1) is 0 Å². The molecule has 0 aliphatic heterocycles. The van der Waals surface area contributed by atoms with E-state index in [0.717, 1.165) is 43.7 Å². The van der Waals surface area contributed by atoms with Gasteiger partial charge in [0.05, 0.1) is 5.56 Å². The Kier molecular flexibility index (Phi) is 4.33. The molecule has 120 valence electrons. The van der Waals surface area contributed by atoms with E-state index >= 15 is 0 Å². The predicted molar refractivity (Wildman–Crippen MR) is 85.2 cm³/mol. The third-order valence-corrected chi connectivity index (χ3v) is 4.44. The third kappa shape index (κ3) is 3.21. The van der Waals surface area contributed by atoms with E-state index in [4.69, 9.17) is 9.84 Å². The molecule has 0 amide bonds. The summed E-state index contributed by atoms with van der Waals surface area (Å²) in [6.45, 7) is 0. The lowest BCUT2D eigenvalue weighted by atomic mass is 9.79. The zero-order valence-electron chi connectivity index (χ0n) is 12.8. The number of carbonyl (C=O) groups is 1. The molecule has 0 unspecified atom stereocenters. The summed E-state index contributed by atoms with van der Waals surface area (Å²) in [4.78, 5) is 11.1. The van der Waals surface area contributed by atoms with Gasteiger partial charge in [0.25, 0.3) is 0 Å². The SMILES string of the molecule is O=C(O)c1ccc(F)c(OC2(c3ccccc3)CCCCC2)c1. The van der Waals surface area contributed by atoms with Crippen LogP contribution in [-0.4, -0.2) is 11.1 Å². The van der Waals surface area contributed by atoms with Crippen molar-refractivity contribution in [1.82, 2.24) is 0 Å². The Morgan fingerprint density at radius 3 is 2.39 bits per heavy atom. The molecule has 0 saturated heterocycles. The van der Waals surface area contributed by atoms with Crippen molar-refractivity contribution in [3.63, 3.8) is 0 Å². The Hall–Kier alpha value is -2.36. The quantitative estimate of drug-likeness (QED) is 0.885. The minimum atomic E-state index is -1.09. The monoisotopic (exact) mass is 314 g/mol. The number of rotatable bonds is 4. The molecule has 3 nitrogen and oxygen atoms in total. The van der Waals surface area contributed by atoms with Gasteiger partial charge >= 0.3 is 5.97 Å². The minimum Gasteiger partial charge on any atom is -0.479 e. The van der Waals surface area contributed by atoms with Crippen LogP contribution in [0.15, 0.2) is 48.5 Å². The zero-order valence-corrected chi connectivity index (χ0v) is 12.8. The summed E-state index contributed by atoms with van der Waals surface area (Å²) in [7, 11) is 0. The topological polar surface area (TPSA) is 46.5 Å². The molecule has 0 radical (unpaired) electrons. The van der Waals surface area contributed by atoms with E-state index in [1.165, 1.54) is 12.1 Å². The maximum absolute atomic E-state index is 14.2. The molecule has 1 saturated carbocycles. The normalized spacial score (nSPS) is 16.7. The van der Waals surface area contributed by atoms with E-state index < -0.39 is 17.4 Å². The highest BCUT2D eigenvalue weighted by Gasteiger charge is 2.36. The fourth-order valence-electron chi connectivity index (χ4n) is 3.24. The highest BCUT2D eigenvalue weighted by atomic mass is 19.1. The van der Waals surface area contributed by atoms with Gasteiger partial charge < -0.3 is 9.84 Å². The van der Waals surface area contributed by atoms with E-state index in [-0.39, 0.29) is 11.3 Å². The molecule has 0 bridgehead atoms. The van der Waals surface area contributed by atoms with E-state index in [9.17, 15) is 9.18 Å². The van der Waals surface area contributed by atoms with E-state index in [1.54, 1.807) is 0 Å². The third-order valence-electron chi connectivity index (χ3n) is 4.44. The van der Waals surface area contributed by atoms with Crippen LogP contribution in [0.4, 0.5) is 4.39 Å². The Morgan fingerprint density at radius 1 is 1.04 bits per heavy atom. The van der Waals surface area contributed by atoms with Gasteiger partial charge in [0.1, 0.15) is 5.60 Å². The zero-order chi connectivity index (χ0) is 16.3. The van der Waals surface area contributed by atoms with Crippen molar-refractivity contribution in [3.8, 4) is 5.75 Å². The molecule has 1 fully saturated rings. The van der Waals surface area contributed by atoms with E-state index in [2.05, 4.69) is 0 Å². The van der Waals surface area contributed by atoms with Crippen LogP contribution in [0, 0.1) is 5.82 Å². The van der Waals surface area contributed by atoms with Crippen LogP contribution in [0.3, 0.4) is 0 Å². The first-order valence-corrected chi connectivity index (χ1v) is 7.88. The molecule has 0 heterocycles. The van der Waals surface area contributed by atoms with Crippen molar-refractivity contribution in [3.05, 3.63) is 65.5 Å². The number of halogens is 1. The molecule has 4 heteroatoms. The van der Waals surface area contributed by atoms with Crippen LogP contribution in [0.1, 0.15) is 48.0 Å². The fourth-order valence-corrected chi connectivity index (χ4v) is 3.24. The first-order chi connectivity index (χ1) is 11.1. The molecule has 0 aromatic heterocycles. The lowest BCUT2D eigenvalue weighted by Gasteiger charge is -2.38. The van der Waals surface area contributed by atoms with Crippen LogP contribution < -0.4 is 4.74 Å². The van der Waals surface area contributed by atoms with Gasteiger partial charge in [0, 0.05) is 0 Å². The summed E-state index contributed by atoms with van der Waals surface area (Å²) in [5.41, 5.74) is 0.456. The molecule has 1 N–H and O–H groups in total. The highest BCUT2D eigenvalue weighted by molar-refractivity contribution is 5.88. The average molecular weight is 314 g/mol. The van der Waals surface area contributed by atoms with Gasteiger partial charge in [0.15, 0.2) is 11.6 Å². The van der Waals surface area contributed by atoms with Crippen LogP contribution in [0.5, 0.6) is 5.75 Å². The molecular weight excluding hydrogens is 295 g/mol. The number of hydrogen-bond acceptors (Lipinski definition) is 2. The van der Waals surface area contributed by atoms with Crippen molar-refractivity contribution < 1.29 is 19.0 Å². The summed E-state index contributed by atoms with van der Waals surface area (Å²) in [6.07, 6.45) is 4.75. The molecule has 2 aromatic carbocycles. The van der Waals surface area contributed by atoms with Crippen molar-refractivity contribution in [2.24, 2.45) is 0 Å². The first-order valence-electron chi connectivity index (χ1n) is 7.88. The predicted octanol–water partition coefficient (Wildman–Crippen LogP) is 4.76. The van der Waals surface area contributed by atoms with Crippen LogP contribution >= 0.6 is 0 Å². The second-order valence-electron chi connectivity index (χ2n) is 5.97. The number of aromatic carboxylic acids is 1. The first kappa shape index (κ1) is 15.5. The maximum Gasteiger partial charge on any atom is 0.335 e. The highest BCUT2D eigenvalue weighted by Crippen LogP contribution is 2.41. The molecule has 3 rings (SSSR count). The second kappa shape index (κ2) is 6.41. The number of ether oxygens (including phenoxy) is 1. The van der Waals surface area contributed by atoms with Gasteiger partial charge in [-0.2, -0.15) is 0 Å². The summed E-state index contributed by atoms with van der Waals surface area (Å²) in [6, 6.07) is 13.5. The van der Waals surface area contributed by atoms with Crippen LogP contribution in [0.25, 0.3) is 0 Å². The van der Waals surface area contributed by atoms with E-state index in [0.29, 0.717) is 0 Å². The Balaban J connectivity index is 1.99. The largest absolute Gasteiger partial charge is 0.479 e. The lowest BCUT2D eigenvalue weighted by molar-refractivity contribution is 0.0224. The smallest absolute Gasteiger partial charge is 0.335 e. The van der Waals surface area contributed by atoms with Gasteiger partial charge in [-0.05, 0) is 49.4 Å².